The number of benzene rings is 1. The highest BCUT2D eigenvalue weighted by Crippen LogP contribution is 2.29. The van der Waals surface area contributed by atoms with Crippen molar-refractivity contribution in [2.24, 2.45) is 5.92 Å². The summed E-state index contributed by atoms with van der Waals surface area (Å²) < 4.78 is 26.5. The fourth-order valence-electron chi connectivity index (χ4n) is 3.30. The first-order chi connectivity index (χ1) is 9.58. The maximum atomic E-state index is 13.2. The van der Waals surface area contributed by atoms with E-state index in [1.54, 1.807) is 0 Å². The lowest BCUT2D eigenvalue weighted by Crippen LogP contribution is -2.35. The summed E-state index contributed by atoms with van der Waals surface area (Å²) in [5.41, 5.74) is 0.693. The van der Waals surface area contributed by atoms with Crippen molar-refractivity contribution in [2.75, 3.05) is 0 Å². The van der Waals surface area contributed by atoms with Gasteiger partial charge in [-0.25, -0.2) is 8.78 Å². The molecule has 1 unspecified atom stereocenters. The Morgan fingerprint density at radius 2 is 1.70 bits per heavy atom. The molecule has 0 bridgehead atoms. The molecule has 1 aliphatic carbocycles. The zero-order valence-corrected chi connectivity index (χ0v) is 12.5. The molecule has 1 saturated carbocycles. The second kappa shape index (κ2) is 7.16. The number of hydrogen-bond donors (Lipinski definition) is 1. The van der Waals surface area contributed by atoms with Gasteiger partial charge in [-0.1, -0.05) is 19.8 Å². The van der Waals surface area contributed by atoms with Gasteiger partial charge in [-0.05, 0) is 56.2 Å². The average Bonchev–Trinajstić information content (AvgIpc) is 2.40. The van der Waals surface area contributed by atoms with Crippen molar-refractivity contribution in [2.45, 2.75) is 64.5 Å². The molecule has 0 amide bonds. The first-order valence-electron chi connectivity index (χ1n) is 7.80. The zero-order chi connectivity index (χ0) is 14.5. The third kappa shape index (κ3) is 4.27. The minimum absolute atomic E-state index is 0.00655. The highest BCUT2D eigenvalue weighted by molar-refractivity contribution is 5.21. The Bertz CT molecular complexity index is 405. The van der Waals surface area contributed by atoms with E-state index < -0.39 is 11.6 Å². The summed E-state index contributed by atoms with van der Waals surface area (Å²) in [7, 11) is 0. The smallest absolute Gasteiger partial charge is 0.126 e. The molecule has 1 aromatic rings. The summed E-state index contributed by atoms with van der Waals surface area (Å²) >= 11 is 0. The van der Waals surface area contributed by atoms with Crippen molar-refractivity contribution in [1.29, 1.82) is 0 Å². The molecule has 0 radical (unpaired) electrons. The van der Waals surface area contributed by atoms with Crippen LogP contribution in [0.15, 0.2) is 18.2 Å². The van der Waals surface area contributed by atoms with E-state index in [1.807, 2.05) is 6.92 Å². The Labute approximate surface area is 120 Å². The predicted molar refractivity (Wildman–Crippen MR) is 78.6 cm³/mol. The molecule has 1 fully saturated rings. The largest absolute Gasteiger partial charge is 0.307 e. The van der Waals surface area contributed by atoms with Crippen LogP contribution in [0.1, 0.15) is 64.0 Å². The van der Waals surface area contributed by atoms with Gasteiger partial charge in [0.15, 0.2) is 0 Å². The summed E-state index contributed by atoms with van der Waals surface area (Å²) in [5, 5.41) is 3.52. The minimum atomic E-state index is -0.500. The molecule has 1 aromatic carbocycles. The van der Waals surface area contributed by atoms with Crippen LogP contribution in [0.5, 0.6) is 0 Å². The summed E-state index contributed by atoms with van der Waals surface area (Å²) in [4.78, 5) is 0. The fourth-order valence-corrected chi connectivity index (χ4v) is 3.30. The molecule has 1 N–H and O–H groups in total. The van der Waals surface area contributed by atoms with Gasteiger partial charge in [0.2, 0.25) is 0 Å². The van der Waals surface area contributed by atoms with Crippen molar-refractivity contribution < 1.29 is 8.78 Å². The van der Waals surface area contributed by atoms with Gasteiger partial charge in [0.25, 0.3) is 0 Å². The van der Waals surface area contributed by atoms with E-state index in [9.17, 15) is 8.78 Å². The number of rotatable bonds is 5. The molecule has 0 saturated heterocycles. The molecule has 1 nitrogen and oxygen atoms in total. The van der Waals surface area contributed by atoms with Crippen LogP contribution in [-0.4, -0.2) is 6.04 Å². The molecule has 3 heteroatoms. The van der Waals surface area contributed by atoms with Crippen molar-refractivity contribution in [1.82, 2.24) is 5.32 Å². The van der Waals surface area contributed by atoms with Crippen LogP contribution in [0.3, 0.4) is 0 Å². The van der Waals surface area contributed by atoms with Crippen molar-refractivity contribution in [3.8, 4) is 0 Å². The van der Waals surface area contributed by atoms with E-state index in [-0.39, 0.29) is 6.04 Å². The standard InChI is InChI=1S/C17H25F2N/c1-3-4-13-5-7-17(8-6-13)20-12(2)14-9-15(18)11-16(19)10-14/h9-13,17,20H,3-8H2,1-2H3. The molecule has 2 rings (SSSR count). The molecular weight excluding hydrogens is 256 g/mol. The van der Waals surface area contributed by atoms with Gasteiger partial charge in [0.1, 0.15) is 11.6 Å². The Balaban J connectivity index is 1.87. The van der Waals surface area contributed by atoms with Crippen molar-refractivity contribution in [3.63, 3.8) is 0 Å². The van der Waals surface area contributed by atoms with E-state index in [1.165, 1.54) is 50.7 Å². The molecule has 0 spiro atoms. The van der Waals surface area contributed by atoms with E-state index in [4.69, 9.17) is 0 Å². The van der Waals surface area contributed by atoms with Crippen LogP contribution >= 0.6 is 0 Å². The Kier molecular flexibility index (Phi) is 5.53. The van der Waals surface area contributed by atoms with Crippen LogP contribution in [0.4, 0.5) is 8.78 Å². The second-order valence-corrected chi connectivity index (χ2v) is 6.10. The van der Waals surface area contributed by atoms with Crippen LogP contribution in [0, 0.1) is 17.6 Å². The average molecular weight is 281 g/mol. The highest BCUT2D eigenvalue weighted by atomic mass is 19.1. The van der Waals surface area contributed by atoms with Gasteiger partial charge >= 0.3 is 0 Å². The number of halogens is 2. The van der Waals surface area contributed by atoms with Gasteiger partial charge < -0.3 is 5.32 Å². The van der Waals surface area contributed by atoms with Gasteiger partial charge in [-0.3, -0.25) is 0 Å². The van der Waals surface area contributed by atoms with Gasteiger partial charge in [-0.2, -0.15) is 0 Å². The molecule has 112 valence electrons. The Hall–Kier alpha value is -0.960. The second-order valence-electron chi connectivity index (χ2n) is 6.10. The zero-order valence-electron chi connectivity index (χ0n) is 12.5. The quantitative estimate of drug-likeness (QED) is 0.803. The summed E-state index contributed by atoms with van der Waals surface area (Å²) in [6.07, 6.45) is 7.49. The van der Waals surface area contributed by atoms with E-state index in [0.717, 1.165) is 12.0 Å². The molecule has 1 atom stereocenters. The van der Waals surface area contributed by atoms with Crippen LogP contribution < -0.4 is 5.32 Å². The molecule has 1 aliphatic rings. The maximum absolute atomic E-state index is 13.2. The number of hydrogen-bond acceptors (Lipinski definition) is 1. The number of nitrogens with one attached hydrogen (secondary N) is 1. The fraction of sp³-hybridized carbons (Fsp3) is 0.647. The first-order valence-corrected chi connectivity index (χ1v) is 7.80. The molecule has 0 heterocycles. The van der Waals surface area contributed by atoms with Crippen molar-refractivity contribution >= 4 is 0 Å². The van der Waals surface area contributed by atoms with Crippen LogP contribution in [0.2, 0.25) is 0 Å². The molecular formula is C17H25F2N. The third-order valence-corrected chi connectivity index (χ3v) is 4.41. The normalized spacial score (nSPS) is 24.6. The van der Waals surface area contributed by atoms with E-state index in [2.05, 4.69) is 12.2 Å². The minimum Gasteiger partial charge on any atom is -0.307 e. The Morgan fingerprint density at radius 1 is 1.10 bits per heavy atom. The monoisotopic (exact) mass is 281 g/mol. The topological polar surface area (TPSA) is 12.0 Å². The van der Waals surface area contributed by atoms with E-state index in [0.29, 0.717) is 11.6 Å². The van der Waals surface area contributed by atoms with Crippen LogP contribution in [-0.2, 0) is 0 Å². The predicted octanol–water partition coefficient (Wildman–Crippen LogP) is 4.97. The SMILES string of the molecule is CCCC1CCC(NC(C)c2cc(F)cc(F)c2)CC1. The summed E-state index contributed by atoms with van der Waals surface area (Å²) in [5.74, 6) is -0.124. The van der Waals surface area contributed by atoms with Crippen LogP contribution in [0.25, 0.3) is 0 Å². The highest BCUT2D eigenvalue weighted by Gasteiger charge is 2.22. The molecule has 0 aliphatic heterocycles. The Morgan fingerprint density at radius 3 is 2.25 bits per heavy atom. The van der Waals surface area contributed by atoms with Gasteiger partial charge in [-0.15, -0.1) is 0 Å². The molecule has 0 aromatic heterocycles. The lowest BCUT2D eigenvalue weighted by atomic mass is 9.83. The first kappa shape index (κ1) is 15.4. The van der Waals surface area contributed by atoms with Gasteiger partial charge in [0, 0.05) is 18.2 Å². The lowest BCUT2D eigenvalue weighted by molar-refractivity contribution is 0.266. The summed E-state index contributed by atoms with van der Waals surface area (Å²) in [6, 6.07) is 4.23. The molecule has 20 heavy (non-hydrogen) atoms. The maximum Gasteiger partial charge on any atom is 0.126 e. The van der Waals surface area contributed by atoms with Gasteiger partial charge in [0.05, 0.1) is 0 Å². The summed E-state index contributed by atoms with van der Waals surface area (Å²) in [6.45, 7) is 4.22. The third-order valence-electron chi connectivity index (χ3n) is 4.41. The van der Waals surface area contributed by atoms with E-state index >= 15 is 0 Å². The lowest BCUT2D eigenvalue weighted by Gasteiger charge is -2.31. The van der Waals surface area contributed by atoms with Crippen molar-refractivity contribution in [3.05, 3.63) is 35.4 Å².